The third kappa shape index (κ3) is 4.06. The molecule has 4 nitrogen and oxygen atoms in total. The Kier molecular flexibility index (Phi) is 5.46. The number of hydrogen-bond donors (Lipinski definition) is 2. The van der Waals surface area contributed by atoms with E-state index in [-0.39, 0.29) is 5.91 Å². The van der Waals surface area contributed by atoms with E-state index in [1.807, 2.05) is 13.0 Å². The van der Waals surface area contributed by atoms with Crippen LogP contribution >= 0.6 is 0 Å². The molecule has 0 saturated heterocycles. The highest BCUT2D eigenvalue weighted by Crippen LogP contribution is 2.13. The van der Waals surface area contributed by atoms with E-state index in [0.29, 0.717) is 18.0 Å². The molecule has 1 rings (SSSR count). The van der Waals surface area contributed by atoms with Gasteiger partial charge in [-0.1, -0.05) is 20.3 Å². The molecule has 17 heavy (non-hydrogen) atoms. The van der Waals surface area contributed by atoms with Gasteiger partial charge in [0.25, 0.3) is 5.91 Å². The third-order valence-electron chi connectivity index (χ3n) is 2.74. The zero-order valence-electron chi connectivity index (χ0n) is 10.8. The normalized spacial score (nSPS) is 11.9. The molecular formula is C13H21N3O. The lowest BCUT2D eigenvalue weighted by Gasteiger charge is -2.12. The molecule has 1 aromatic rings. The number of aromatic nitrogens is 1. The zero-order chi connectivity index (χ0) is 12.7. The first-order valence-electron chi connectivity index (χ1n) is 6.15. The highest BCUT2D eigenvalue weighted by molar-refractivity contribution is 5.99. The molecule has 0 aromatic carbocycles. The van der Waals surface area contributed by atoms with E-state index < -0.39 is 0 Å². The minimum absolute atomic E-state index is 0.0608. The molecule has 0 radical (unpaired) electrons. The van der Waals surface area contributed by atoms with Gasteiger partial charge >= 0.3 is 0 Å². The summed E-state index contributed by atoms with van der Waals surface area (Å²) in [7, 11) is 0. The molecular weight excluding hydrogens is 214 g/mol. The second-order valence-corrected chi connectivity index (χ2v) is 4.18. The molecule has 0 saturated carbocycles. The maximum atomic E-state index is 12.0. The monoisotopic (exact) mass is 235 g/mol. The summed E-state index contributed by atoms with van der Waals surface area (Å²) in [5, 5.41) is 6.09. The Morgan fingerprint density at radius 1 is 1.47 bits per heavy atom. The molecule has 0 aliphatic carbocycles. The van der Waals surface area contributed by atoms with E-state index in [1.54, 1.807) is 12.4 Å². The van der Waals surface area contributed by atoms with Crippen LogP contribution < -0.4 is 10.6 Å². The van der Waals surface area contributed by atoms with Gasteiger partial charge in [0.15, 0.2) is 0 Å². The fraction of sp³-hybridized carbons (Fsp3) is 0.538. The molecule has 0 aliphatic heterocycles. The number of carbonyl (C=O) groups is 1. The van der Waals surface area contributed by atoms with Crippen molar-refractivity contribution in [2.24, 2.45) is 5.92 Å². The molecule has 1 unspecified atom stereocenters. The fourth-order valence-corrected chi connectivity index (χ4v) is 1.43. The number of rotatable bonds is 6. The van der Waals surface area contributed by atoms with Gasteiger partial charge in [0.1, 0.15) is 0 Å². The van der Waals surface area contributed by atoms with Crippen molar-refractivity contribution >= 4 is 11.6 Å². The predicted octanol–water partition coefficient (Wildman–Crippen LogP) is 2.29. The molecule has 94 valence electrons. The summed E-state index contributed by atoms with van der Waals surface area (Å²) in [4.78, 5) is 16.0. The number of carbonyl (C=O) groups excluding carboxylic acids is 1. The Hall–Kier alpha value is -1.58. The first kappa shape index (κ1) is 13.5. The number of hydrogen-bond acceptors (Lipinski definition) is 3. The van der Waals surface area contributed by atoms with Crippen LogP contribution in [0.15, 0.2) is 18.5 Å². The topological polar surface area (TPSA) is 54.0 Å². The number of pyridine rings is 1. The molecule has 1 heterocycles. The lowest BCUT2D eigenvalue weighted by Crippen LogP contribution is -2.28. The van der Waals surface area contributed by atoms with Crippen molar-refractivity contribution < 1.29 is 4.79 Å². The molecule has 0 spiro atoms. The lowest BCUT2D eigenvalue weighted by molar-refractivity contribution is 0.0948. The highest BCUT2D eigenvalue weighted by Gasteiger charge is 2.11. The molecule has 1 aromatic heterocycles. The van der Waals surface area contributed by atoms with Gasteiger partial charge in [0.2, 0.25) is 0 Å². The number of anilines is 1. The van der Waals surface area contributed by atoms with Crippen LogP contribution in [0.4, 0.5) is 5.69 Å². The number of nitrogens with zero attached hydrogens (tertiary/aromatic N) is 1. The summed E-state index contributed by atoms with van der Waals surface area (Å²) in [5.74, 6) is 0.438. The summed E-state index contributed by atoms with van der Waals surface area (Å²) in [6.45, 7) is 7.73. The van der Waals surface area contributed by atoms with Gasteiger partial charge < -0.3 is 10.6 Å². The second-order valence-electron chi connectivity index (χ2n) is 4.18. The molecule has 4 heteroatoms. The van der Waals surface area contributed by atoms with Crippen molar-refractivity contribution in [1.82, 2.24) is 10.3 Å². The summed E-state index contributed by atoms with van der Waals surface area (Å²) in [6.07, 6.45) is 4.35. The average Bonchev–Trinajstić information content (AvgIpc) is 2.36. The quantitative estimate of drug-likeness (QED) is 0.795. The SMILES string of the molecule is CCNc1ccncc1C(=O)NCC(C)CC. The van der Waals surface area contributed by atoms with E-state index >= 15 is 0 Å². The van der Waals surface area contributed by atoms with Crippen molar-refractivity contribution in [1.29, 1.82) is 0 Å². The second kappa shape index (κ2) is 6.89. The largest absolute Gasteiger partial charge is 0.385 e. The minimum Gasteiger partial charge on any atom is -0.385 e. The number of amides is 1. The van der Waals surface area contributed by atoms with Crippen LogP contribution in [0.25, 0.3) is 0 Å². The maximum absolute atomic E-state index is 12.0. The van der Waals surface area contributed by atoms with E-state index in [9.17, 15) is 4.79 Å². The van der Waals surface area contributed by atoms with E-state index in [2.05, 4.69) is 29.5 Å². The maximum Gasteiger partial charge on any atom is 0.254 e. The van der Waals surface area contributed by atoms with Crippen molar-refractivity contribution in [2.45, 2.75) is 27.2 Å². The van der Waals surface area contributed by atoms with Gasteiger partial charge in [0, 0.05) is 25.5 Å². The molecule has 1 atom stereocenters. The Balaban J connectivity index is 2.67. The van der Waals surface area contributed by atoms with Crippen molar-refractivity contribution in [2.75, 3.05) is 18.4 Å². The lowest BCUT2D eigenvalue weighted by atomic mass is 10.1. The van der Waals surface area contributed by atoms with Crippen LogP contribution in [0.1, 0.15) is 37.6 Å². The summed E-state index contributed by atoms with van der Waals surface area (Å²) < 4.78 is 0. The molecule has 0 fully saturated rings. The number of nitrogens with one attached hydrogen (secondary N) is 2. The standard InChI is InChI=1S/C13H21N3O/c1-4-10(3)8-16-13(17)11-9-14-7-6-12(11)15-5-2/h6-7,9-10H,4-5,8H2,1-3H3,(H,14,15)(H,16,17). The Labute approximate surface area is 103 Å². The van der Waals surface area contributed by atoms with Crippen molar-refractivity contribution in [3.8, 4) is 0 Å². The third-order valence-corrected chi connectivity index (χ3v) is 2.74. The summed E-state index contributed by atoms with van der Waals surface area (Å²) >= 11 is 0. The van der Waals surface area contributed by atoms with Gasteiger partial charge in [-0.15, -0.1) is 0 Å². The van der Waals surface area contributed by atoms with Gasteiger partial charge in [-0.2, -0.15) is 0 Å². The van der Waals surface area contributed by atoms with E-state index in [1.165, 1.54) is 0 Å². The first-order valence-corrected chi connectivity index (χ1v) is 6.15. The fourth-order valence-electron chi connectivity index (χ4n) is 1.43. The summed E-state index contributed by atoms with van der Waals surface area (Å²) in [5.41, 5.74) is 1.45. The van der Waals surface area contributed by atoms with Crippen LogP contribution in [-0.2, 0) is 0 Å². The Bertz CT molecular complexity index is 365. The van der Waals surface area contributed by atoms with Gasteiger partial charge in [0.05, 0.1) is 11.3 Å². The first-order chi connectivity index (χ1) is 8.19. The van der Waals surface area contributed by atoms with Crippen LogP contribution in [-0.4, -0.2) is 24.0 Å². The average molecular weight is 235 g/mol. The van der Waals surface area contributed by atoms with Crippen LogP contribution in [0.3, 0.4) is 0 Å². The van der Waals surface area contributed by atoms with Gasteiger partial charge in [-0.3, -0.25) is 9.78 Å². The van der Waals surface area contributed by atoms with E-state index in [4.69, 9.17) is 0 Å². The van der Waals surface area contributed by atoms with Gasteiger partial charge in [-0.05, 0) is 18.9 Å². The minimum atomic E-state index is -0.0608. The van der Waals surface area contributed by atoms with Crippen LogP contribution in [0.2, 0.25) is 0 Å². The Morgan fingerprint density at radius 3 is 2.88 bits per heavy atom. The predicted molar refractivity (Wildman–Crippen MR) is 70.2 cm³/mol. The van der Waals surface area contributed by atoms with Crippen molar-refractivity contribution in [3.05, 3.63) is 24.0 Å². The van der Waals surface area contributed by atoms with Crippen molar-refractivity contribution in [3.63, 3.8) is 0 Å². The smallest absolute Gasteiger partial charge is 0.254 e. The summed E-state index contributed by atoms with van der Waals surface area (Å²) in [6, 6.07) is 1.82. The van der Waals surface area contributed by atoms with Crippen LogP contribution in [0, 0.1) is 5.92 Å². The molecule has 2 N–H and O–H groups in total. The molecule has 0 bridgehead atoms. The molecule has 0 aliphatic rings. The highest BCUT2D eigenvalue weighted by atomic mass is 16.1. The Morgan fingerprint density at radius 2 is 2.24 bits per heavy atom. The van der Waals surface area contributed by atoms with Crippen LogP contribution in [0.5, 0.6) is 0 Å². The zero-order valence-corrected chi connectivity index (χ0v) is 10.8. The van der Waals surface area contributed by atoms with Gasteiger partial charge in [-0.25, -0.2) is 0 Å². The molecule has 1 amide bonds. The van der Waals surface area contributed by atoms with E-state index in [0.717, 1.165) is 18.7 Å².